The summed E-state index contributed by atoms with van der Waals surface area (Å²) in [5, 5.41) is 0.583. The monoisotopic (exact) mass is 252 g/mol. The van der Waals surface area contributed by atoms with Gasteiger partial charge in [-0.25, -0.2) is 4.98 Å². The summed E-state index contributed by atoms with van der Waals surface area (Å²) in [5.74, 6) is 0.718. The van der Waals surface area contributed by atoms with Crippen molar-refractivity contribution in [3.8, 4) is 0 Å². The molecule has 17 heavy (non-hydrogen) atoms. The molecule has 3 heteroatoms. The standard InChI is InChI=1S/C14H21ClN2/c1-11(2)10-17-8-4-3-5-13(17)12-6-7-14(15)16-9-12/h6-7,9,11,13H,3-5,8,10H2,1-2H3. The van der Waals surface area contributed by atoms with Crippen molar-refractivity contribution in [3.63, 3.8) is 0 Å². The average Bonchev–Trinajstić information content (AvgIpc) is 2.30. The Hall–Kier alpha value is -0.600. The molecular weight excluding hydrogens is 232 g/mol. The molecular formula is C14H21ClN2. The molecule has 0 amide bonds. The number of aromatic nitrogens is 1. The van der Waals surface area contributed by atoms with Crippen LogP contribution in [0.5, 0.6) is 0 Å². The predicted octanol–water partition coefficient (Wildman–Crippen LogP) is 3.92. The van der Waals surface area contributed by atoms with Gasteiger partial charge < -0.3 is 0 Å². The Balaban J connectivity index is 2.12. The molecule has 0 saturated carbocycles. The van der Waals surface area contributed by atoms with Crippen LogP contribution < -0.4 is 0 Å². The van der Waals surface area contributed by atoms with Crippen LogP contribution in [-0.4, -0.2) is 23.0 Å². The van der Waals surface area contributed by atoms with Crippen LogP contribution in [0.4, 0.5) is 0 Å². The first-order chi connectivity index (χ1) is 8.16. The maximum atomic E-state index is 5.85. The third-order valence-electron chi connectivity index (χ3n) is 3.35. The van der Waals surface area contributed by atoms with Crippen LogP contribution in [0.2, 0.25) is 5.15 Å². The Morgan fingerprint density at radius 1 is 1.41 bits per heavy atom. The van der Waals surface area contributed by atoms with Crippen molar-refractivity contribution in [1.82, 2.24) is 9.88 Å². The minimum atomic E-state index is 0.538. The first-order valence-corrected chi connectivity index (χ1v) is 6.90. The second-order valence-electron chi connectivity index (χ2n) is 5.31. The zero-order valence-corrected chi connectivity index (χ0v) is 11.5. The van der Waals surface area contributed by atoms with E-state index in [0.29, 0.717) is 11.2 Å². The minimum absolute atomic E-state index is 0.538. The zero-order valence-electron chi connectivity index (χ0n) is 10.7. The van der Waals surface area contributed by atoms with Crippen molar-refractivity contribution in [2.75, 3.05) is 13.1 Å². The molecule has 1 aromatic rings. The van der Waals surface area contributed by atoms with E-state index in [4.69, 9.17) is 11.6 Å². The molecule has 94 valence electrons. The summed E-state index contributed by atoms with van der Waals surface area (Å²) in [7, 11) is 0. The van der Waals surface area contributed by atoms with E-state index in [2.05, 4.69) is 29.8 Å². The first-order valence-electron chi connectivity index (χ1n) is 6.52. The van der Waals surface area contributed by atoms with Gasteiger partial charge in [-0.1, -0.05) is 37.9 Å². The SMILES string of the molecule is CC(C)CN1CCCCC1c1ccc(Cl)nc1. The smallest absolute Gasteiger partial charge is 0.129 e. The van der Waals surface area contributed by atoms with Crippen molar-refractivity contribution in [1.29, 1.82) is 0 Å². The molecule has 1 unspecified atom stereocenters. The topological polar surface area (TPSA) is 16.1 Å². The highest BCUT2D eigenvalue weighted by atomic mass is 35.5. The largest absolute Gasteiger partial charge is 0.296 e. The van der Waals surface area contributed by atoms with Gasteiger partial charge in [-0.15, -0.1) is 0 Å². The molecule has 1 saturated heterocycles. The number of nitrogens with zero attached hydrogens (tertiary/aromatic N) is 2. The molecule has 1 fully saturated rings. The average molecular weight is 253 g/mol. The van der Waals surface area contributed by atoms with Crippen molar-refractivity contribution in [3.05, 3.63) is 29.0 Å². The van der Waals surface area contributed by atoms with Gasteiger partial charge in [-0.3, -0.25) is 4.90 Å². The van der Waals surface area contributed by atoms with Gasteiger partial charge in [0.1, 0.15) is 5.15 Å². The molecule has 0 bridgehead atoms. The Morgan fingerprint density at radius 2 is 2.24 bits per heavy atom. The zero-order chi connectivity index (χ0) is 12.3. The lowest BCUT2D eigenvalue weighted by Gasteiger charge is -2.37. The lowest BCUT2D eigenvalue weighted by atomic mass is 9.95. The van der Waals surface area contributed by atoms with Crippen LogP contribution in [0.15, 0.2) is 18.3 Å². The number of halogens is 1. The lowest BCUT2D eigenvalue weighted by Crippen LogP contribution is -2.36. The maximum Gasteiger partial charge on any atom is 0.129 e. The molecule has 0 aromatic carbocycles. The van der Waals surface area contributed by atoms with E-state index in [9.17, 15) is 0 Å². The highest BCUT2D eigenvalue weighted by molar-refractivity contribution is 6.29. The molecule has 2 heterocycles. The summed E-state index contributed by atoms with van der Waals surface area (Å²) in [6, 6.07) is 4.56. The van der Waals surface area contributed by atoms with E-state index in [1.165, 1.54) is 37.9 Å². The number of hydrogen-bond donors (Lipinski definition) is 0. The van der Waals surface area contributed by atoms with E-state index in [-0.39, 0.29) is 0 Å². The van der Waals surface area contributed by atoms with Crippen molar-refractivity contribution in [2.45, 2.75) is 39.2 Å². The normalized spacial score (nSPS) is 22.0. The summed E-state index contributed by atoms with van der Waals surface area (Å²) < 4.78 is 0. The fourth-order valence-electron chi connectivity index (χ4n) is 2.64. The van der Waals surface area contributed by atoms with E-state index >= 15 is 0 Å². The quantitative estimate of drug-likeness (QED) is 0.758. The predicted molar refractivity (Wildman–Crippen MR) is 72.3 cm³/mol. The van der Waals surface area contributed by atoms with Crippen molar-refractivity contribution < 1.29 is 0 Å². The summed E-state index contributed by atoms with van der Waals surface area (Å²) in [4.78, 5) is 6.80. The van der Waals surface area contributed by atoms with Gasteiger partial charge in [0.2, 0.25) is 0 Å². The number of piperidine rings is 1. The molecule has 0 N–H and O–H groups in total. The Kier molecular flexibility index (Phi) is 4.41. The second-order valence-corrected chi connectivity index (χ2v) is 5.70. The Labute approximate surface area is 109 Å². The fourth-order valence-corrected chi connectivity index (χ4v) is 2.75. The fraction of sp³-hybridized carbons (Fsp3) is 0.643. The molecule has 2 nitrogen and oxygen atoms in total. The molecule has 0 aliphatic carbocycles. The summed E-state index contributed by atoms with van der Waals surface area (Å²) in [6.07, 6.45) is 5.83. The van der Waals surface area contributed by atoms with Gasteiger partial charge >= 0.3 is 0 Å². The minimum Gasteiger partial charge on any atom is -0.296 e. The van der Waals surface area contributed by atoms with Gasteiger partial charge in [-0.2, -0.15) is 0 Å². The number of pyridine rings is 1. The number of hydrogen-bond acceptors (Lipinski definition) is 2. The van der Waals surface area contributed by atoms with Crippen molar-refractivity contribution >= 4 is 11.6 Å². The number of likely N-dealkylation sites (tertiary alicyclic amines) is 1. The van der Waals surface area contributed by atoms with E-state index in [1.54, 1.807) is 0 Å². The van der Waals surface area contributed by atoms with Gasteiger partial charge in [-0.05, 0) is 36.9 Å². The summed E-state index contributed by atoms with van der Waals surface area (Å²) in [5.41, 5.74) is 1.31. The Bertz CT molecular complexity index is 348. The van der Waals surface area contributed by atoms with E-state index < -0.39 is 0 Å². The highest BCUT2D eigenvalue weighted by Gasteiger charge is 2.24. The molecule has 2 rings (SSSR count). The molecule has 1 aliphatic heterocycles. The van der Waals surface area contributed by atoms with E-state index in [0.717, 1.165) is 5.92 Å². The van der Waals surface area contributed by atoms with Crippen LogP contribution in [0, 0.1) is 5.92 Å². The van der Waals surface area contributed by atoms with Gasteiger partial charge in [0.25, 0.3) is 0 Å². The van der Waals surface area contributed by atoms with Crippen LogP contribution in [-0.2, 0) is 0 Å². The van der Waals surface area contributed by atoms with Crippen LogP contribution in [0.1, 0.15) is 44.7 Å². The Morgan fingerprint density at radius 3 is 2.88 bits per heavy atom. The molecule has 0 spiro atoms. The summed E-state index contributed by atoms with van der Waals surface area (Å²) in [6.45, 7) is 6.95. The maximum absolute atomic E-state index is 5.85. The third-order valence-corrected chi connectivity index (χ3v) is 3.57. The van der Waals surface area contributed by atoms with Gasteiger partial charge in [0, 0.05) is 18.8 Å². The lowest BCUT2D eigenvalue weighted by molar-refractivity contribution is 0.132. The van der Waals surface area contributed by atoms with Gasteiger partial charge in [0.05, 0.1) is 0 Å². The van der Waals surface area contributed by atoms with Crippen LogP contribution >= 0.6 is 11.6 Å². The molecule has 1 atom stereocenters. The first kappa shape index (κ1) is 12.8. The van der Waals surface area contributed by atoms with Gasteiger partial charge in [0.15, 0.2) is 0 Å². The second kappa shape index (κ2) is 5.83. The molecule has 1 aromatic heterocycles. The number of rotatable bonds is 3. The molecule has 1 aliphatic rings. The van der Waals surface area contributed by atoms with Crippen molar-refractivity contribution in [2.24, 2.45) is 5.92 Å². The van der Waals surface area contributed by atoms with Crippen LogP contribution in [0.25, 0.3) is 0 Å². The van der Waals surface area contributed by atoms with E-state index in [1.807, 2.05) is 12.3 Å². The molecule has 0 radical (unpaired) electrons. The third kappa shape index (κ3) is 3.43. The summed E-state index contributed by atoms with van der Waals surface area (Å²) >= 11 is 5.85. The van der Waals surface area contributed by atoms with Crippen LogP contribution in [0.3, 0.4) is 0 Å². The highest BCUT2D eigenvalue weighted by Crippen LogP contribution is 2.31.